The van der Waals surface area contributed by atoms with Crippen LogP contribution in [0, 0.1) is 6.92 Å². The number of nitrogens with one attached hydrogen (secondary N) is 1. The van der Waals surface area contributed by atoms with Crippen molar-refractivity contribution < 1.29 is 9.21 Å². The quantitative estimate of drug-likeness (QED) is 0.570. The molecule has 0 bridgehead atoms. The van der Waals surface area contributed by atoms with Gasteiger partial charge in [-0.3, -0.25) is 9.69 Å². The van der Waals surface area contributed by atoms with Crippen LogP contribution in [-0.4, -0.2) is 55.5 Å². The molecular formula is C21H23N3O3. The zero-order valence-electron chi connectivity index (χ0n) is 15.6. The molecular weight excluding hydrogens is 342 g/mol. The molecule has 1 N–H and O–H groups in total. The predicted octanol–water partition coefficient (Wildman–Crippen LogP) is 2.44. The van der Waals surface area contributed by atoms with E-state index >= 15 is 0 Å². The number of anilines is 1. The number of hydrogen-bond acceptors (Lipinski definition) is 5. The van der Waals surface area contributed by atoms with Crippen molar-refractivity contribution in [3.05, 3.63) is 52.4 Å². The van der Waals surface area contributed by atoms with Crippen LogP contribution >= 0.6 is 0 Å². The number of likely N-dealkylation sites (N-methyl/N-ethyl adjacent to an activating group) is 1. The van der Waals surface area contributed by atoms with Gasteiger partial charge in [-0.05, 0) is 37.6 Å². The summed E-state index contributed by atoms with van der Waals surface area (Å²) in [6, 6.07) is 11.2. The van der Waals surface area contributed by atoms with Gasteiger partial charge in [0.15, 0.2) is 0 Å². The zero-order valence-corrected chi connectivity index (χ0v) is 15.6. The smallest absolute Gasteiger partial charge is 0.344 e. The first-order chi connectivity index (χ1) is 13.0. The molecule has 2 aromatic carbocycles. The average molecular weight is 365 g/mol. The van der Waals surface area contributed by atoms with Crippen LogP contribution in [0.25, 0.3) is 21.7 Å². The maximum absolute atomic E-state index is 12.4. The first-order valence-electron chi connectivity index (χ1n) is 9.17. The maximum atomic E-state index is 12.4. The molecule has 1 amide bonds. The third kappa shape index (κ3) is 3.72. The molecule has 0 radical (unpaired) electrons. The first-order valence-corrected chi connectivity index (χ1v) is 9.17. The maximum Gasteiger partial charge on any atom is 0.344 e. The summed E-state index contributed by atoms with van der Waals surface area (Å²) >= 11 is 0. The molecule has 1 aliphatic rings. The molecule has 0 unspecified atom stereocenters. The monoisotopic (exact) mass is 365 g/mol. The van der Waals surface area contributed by atoms with E-state index in [1.54, 1.807) is 6.07 Å². The van der Waals surface area contributed by atoms with Crippen LogP contribution in [0.5, 0.6) is 0 Å². The van der Waals surface area contributed by atoms with E-state index in [2.05, 4.69) is 22.2 Å². The lowest BCUT2D eigenvalue weighted by atomic mass is 10.1. The van der Waals surface area contributed by atoms with Gasteiger partial charge in [-0.15, -0.1) is 0 Å². The van der Waals surface area contributed by atoms with Crippen LogP contribution in [0.2, 0.25) is 0 Å². The molecule has 0 aliphatic carbocycles. The number of nitrogens with zero attached hydrogens (tertiary/aromatic N) is 2. The molecule has 0 spiro atoms. The third-order valence-corrected chi connectivity index (χ3v) is 5.12. The van der Waals surface area contributed by atoms with Crippen LogP contribution < -0.4 is 10.9 Å². The highest BCUT2D eigenvalue weighted by Gasteiger charge is 2.17. The van der Waals surface area contributed by atoms with Crippen molar-refractivity contribution >= 4 is 33.3 Å². The van der Waals surface area contributed by atoms with Gasteiger partial charge in [0.05, 0.1) is 11.9 Å². The van der Waals surface area contributed by atoms with E-state index in [-0.39, 0.29) is 11.5 Å². The lowest BCUT2D eigenvalue weighted by Crippen LogP contribution is -2.47. The Morgan fingerprint density at radius 1 is 1.04 bits per heavy atom. The average Bonchev–Trinajstić information content (AvgIpc) is 2.64. The number of piperazine rings is 1. The second-order valence-electron chi connectivity index (χ2n) is 7.28. The molecule has 0 atom stereocenters. The Morgan fingerprint density at radius 2 is 1.78 bits per heavy atom. The summed E-state index contributed by atoms with van der Waals surface area (Å²) in [5.41, 5.74) is 1.77. The summed E-state index contributed by atoms with van der Waals surface area (Å²) in [4.78, 5) is 29.1. The van der Waals surface area contributed by atoms with E-state index in [1.807, 2.05) is 37.3 Å². The lowest BCUT2D eigenvalue weighted by molar-refractivity contribution is -0.117. The highest BCUT2D eigenvalue weighted by Crippen LogP contribution is 2.26. The first kappa shape index (κ1) is 17.7. The minimum absolute atomic E-state index is 0.0577. The molecule has 140 valence electrons. The zero-order chi connectivity index (χ0) is 19.0. The molecule has 0 saturated carbocycles. The second-order valence-corrected chi connectivity index (χ2v) is 7.28. The Bertz CT molecular complexity index is 1070. The molecule has 1 fully saturated rings. The Hall–Kier alpha value is -2.70. The van der Waals surface area contributed by atoms with Gasteiger partial charge in [0.1, 0.15) is 5.58 Å². The third-order valence-electron chi connectivity index (χ3n) is 5.12. The van der Waals surface area contributed by atoms with Gasteiger partial charge < -0.3 is 14.6 Å². The van der Waals surface area contributed by atoms with Crippen LogP contribution in [0.15, 0.2) is 45.6 Å². The highest BCUT2D eigenvalue weighted by atomic mass is 16.4. The highest BCUT2D eigenvalue weighted by molar-refractivity contribution is 6.06. The Labute approximate surface area is 157 Å². The van der Waals surface area contributed by atoms with E-state index in [1.165, 1.54) is 0 Å². The van der Waals surface area contributed by atoms with Gasteiger partial charge in [-0.2, -0.15) is 0 Å². The fourth-order valence-corrected chi connectivity index (χ4v) is 3.53. The van der Waals surface area contributed by atoms with E-state index in [0.29, 0.717) is 23.2 Å². The molecule has 6 nitrogen and oxygen atoms in total. The van der Waals surface area contributed by atoms with E-state index in [9.17, 15) is 9.59 Å². The minimum atomic E-state index is -0.359. The van der Waals surface area contributed by atoms with Crippen LogP contribution in [0.3, 0.4) is 0 Å². The van der Waals surface area contributed by atoms with Crippen molar-refractivity contribution in [2.75, 3.05) is 45.1 Å². The Kier molecular flexibility index (Phi) is 4.68. The van der Waals surface area contributed by atoms with E-state index < -0.39 is 0 Å². The normalized spacial score (nSPS) is 16.1. The molecule has 4 rings (SSSR count). The van der Waals surface area contributed by atoms with Crippen LogP contribution in [-0.2, 0) is 4.79 Å². The van der Waals surface area contributed by atoms with Crippen molar-refractivity contribution in [3.63, 3.8) is 0 Å². The fourth-order valence-electron chi connectivity index (χ4n) is 3.53. The van der Waals surface area contributed by atoms with Gasteiger partial charge >= 0.3 is 5.63 Å². The molecule has 1 aromatic heterocycles. The van der Waals surface area contributed by atoms with Crippen molar-refractivity contribution in [3.8, 4) is 0 Å². The summed E-state index contributed by atoms with van der Waals surface area (Å²) in [6.07, 6.45) is 0. The number of benzene rings is 2. The Morgan fingerprint density at radius 3 is 2.56 bits per heavy atom. The fraction of sp³-hybridized carbons (Fsp3) is 0.333. The summed E-state index contributed by atoms with van der Waals surface area (Å²) in [7, 11) is 2.09. The van der Waals surface area contributed by atoms with Gasteiger partial charge in [-0.25, -0.2) is 4.79 Å². The second kappa shape index (κ2) is 7.13. The number of rotatable bonds is 3. The van der Waals surface area contributed by atoms with Crippen LogP contribution in [0.4, 0.5) is 5.69 Å². The number of amides is 1. The number of carbonyl (C=O) groups excluding carboxylic acids is 1. The molecule has 27 heavy (non-hydrogen) atoms. The summed E-state index contributed by atoms with van der Waals surface area (Å²) < 4.78 is 5.49. The minimum Gasteiger partial charge on any atom is -0.422 e. The lowest BCUT2D eigenvalue weighted by Gasteiger charge is -2.31. The largest absolute Gasteiger partial charge is 0.422 e. The van der Waals surface area contributed by atoms with Gasteiger partial charge in [-0.1, -0.05) is 17.7 Å². The topological polar surface area (TPSA) is 65.8 Å². The Balaban J connectivity index is 1.56. The van der Waals surface area contributed by atoms with Crippen LogP contribution in [0.1, 0.15) is 5.56 Å². The predicted molar refractivity (Wildman–Crippen MR) is 107 cm³/mol. The van der Waals surface area contributed by atoms with Crippen molar-refractivity contribution in [2.24, 2.45) is 0 Å². The number of hydrogen-bond donors (Lipinski definition) is 1. The standard InChI is InChI=1S/C21H23N3O3/c1-14-3-5-16-17-6-4-15(12-19(17)27-21(26)18(16)11-14)22-20(25)13-24-9-7-23(2)8-10-24/h3-6,11-12H,7-10,13H2,1-2H3,(H,22,25). The van der Waals surface area contributed by atoms with Gasteiger partial charge in [0, 0.05) is 43.3 Å². The summed E-state index contributed by atoms with van der Waals surface area (Å²) in [5.74, 6) is -0.0577. The van der Waals surface area contributed by atoms with Gasteiger partial charge in [0.2, 0.25) is 5.91 Å². The molecule has 1 saturated heterocycles. The van der Waals surface area contributed by atoms with E-state index in [4.69, 9.17) is 4.42 Å². The number of aryl methyl sites for hydroxylation is 1. The SMILES string of the molecule is Cc1ccc2c(c1)c(=O)oc1cc(NC(=O)CN3CCN(C)CC3)ccc12. The van der Waals surface area contributed by atoms with Gasteiger partial charge in [0.25, 0.3) is 0 Å². The molecule has 3 aromatic rings. The number of fused-ring (bicyclic) bond motifs is 3. The summed E-state index contributed by atoms with van der Waals surface area (Å²) in [6.45, 7) is 6.04. The molecule has 1 aliphatic heterocycles. The molecule has 2 heterocycles. The summed E-state index contributed by atoms with van der Waals surface area (Å²) in [5, 5.41) is 5.22. The number of carbonyl (C=O) groups is 1. The van der Waals surface area contributed by atoms with E-state index in [0.717, 1.165) is 42.5 Å². The molecule has 6 heteroatoms. The van der Waals surface area contributed by atoms with Crippen molar-refractivity contribution in [1.82, 2.24) is 9.80 Å². The van der Waals surface area contributed by atoms with Crippen molar-refractivity contribution in [2.45, 2.75) is 6.92 Å². The van der Waals surface area contributed by atoms with Crippen molar-refractivity contribution in [1.29, 1.82) is 0 Å².